The molecule has 0 bridgehead atoms. The summed E-state index contributed by atoms with van der Waals surface area (Å²) < 4.78 is 39.1. The molecule has 0 radical (unpaired) electrons. The number of rotatable bonds is 4. The zero-order valence-electron chi connectivity index (χ0n) is 12.2. The normalized spacial score (nSPS) is 11.7. The SMILES string of the molecule is O=C(NCC(O)c1ccc(F)cc1)C(=O)Nc1cc(F)ccc1F. The largest absolute Gasteiger partial charge is 0.387 e. The van der Waals surface area contributed by atoms with Crippen molar-refractivity contribution in [2.24, 2.45) is 0 Å². The smallest absolute Gasteiger partial charge is 0.313 e. The van der Waals surface area contributed by atoms with Gasteiger partial charge in [0.2, 0.25) is 0 Å². The van der Waals surface area contributed by atoms with E-state index in [2.05, 4.69) is 5.32 Å². The van der Waals surface area contributed by atoms with Crippen LogP contribution in [0.2, 0.25) is 0 Å². The molecule has 1 atom stereocenters. The van der Waals surface area contributed by atoms with E-state index in [0.717, 1.165) is 30.3 Å². The number of anilines is 1. The Balaban J connectivity index is 1.90. The second kappa shape index (κ2) is 7.60. The van der Waals surface area contributed by atoms with Gasteiger partial charge in [-0.2, -0.15) is 0 Å². The maximum absolute atomic E-state index is 13.4. The van der Waals surface area contributed by atoms with Crippen molar-refractivity contribution in [3.05, 3.63) is 65.5 Å². The van der Waals surface area contributed by atoms with Crippen molar-refractivity contribution in [3.8, 4) is 0 Å². The van der Waals surface area contributed by atoms with Gasteiger partial charge in [-0.05, 0) is 29.8 Å². The number of hydrogen-bond acceptors (Lipinski definition) is 3. The quantitative estimate of drug-likeness (QED) is 0.745. The predicted octanol–water partition coefficient (Wildman–Crippen LogP) is 1.89. The van der Waals surface area contributed by atoms with E-state index in [4.69, 9.17) is 0 Å². The van der Waals surface area contributed by atoms with Gasteiger partial charge in [0.1, 0.15) is 17.5 Å². The van der Waals surface area contributed by atoms with Gasteiger partial charge in [-0.15, -0.1) is 0 Å². The molecule has 126 valence electrons. The van der Waals surface area contributed by atoms with Crippen molar-refractivity contribution in [2.45, 2.75) is 6.10 Å². The minimum Gasteiger partial charge on any atom is -0.387 e. The number of benzene rings is 2. The van der Waals surface area contributed by atoms with E-state index >= 15 is 0 Å². The van der Waals surface area contributed by atoms with Crippen molar-refractivity contribution in [1.82, 2.24) is 5.32 Å². The van der Waals surface area contributed by atoms with Crippen LogP contribution < -0.4 is 10.6 Å². The number of amides is 2. The number of carbonyl (C=O) groups excluding carboxylic acids is 2. The van der Waals surface area contributed by atoms with Crippen LogP contribution in [0.25, 0.3) is 0 Å². The third kappa shape index (κ3) is 4.56. The molecule has 0 saturated carbocycles. The molecule has 0 saturated heterocycles. The van der Waals surface area contributed by atoms with Gasteiger partial charge in [0.15, 0.2) is 0 Å². The van der Waals surface area contributed by atoms with Gasteiger partial charge in [-0.3, -0.25) is 9.59 Å². The summed E-state index contributed by atoms with van der Waals surface area (Å²) in [4.78, 5) is 23.2. The fraction of sp³-hybridized carbons (Fsp3) is 0.125. The highest BCUT2D eigenvalue weighted by Gasteiger charge is 2.17. The number of aliphatic hydroxyl groups excluding tert-OH is 1. The van der Waals surface area contributed by atoms with E-state index in [1.54, 1.807) is 0 Å². The maximum atomic E-state index is 13.4. The topological polar surface area (TPSA) is 78.4 Å². The molecule has 1 unspecified atom stereocenters. The first-order valence-electron chi connectivity index (χ1n) is 6.84. The molecule has 0 fully saturated rings. The lowest BCUT2D eigenvalue weighted by Gasteiger charge is -2.12. The first-order valence-corrected chi connectivity index (χ1v) is 6.84. The second-order valence-electron chi connectivity index (χ2n) is 4.86. The van der Waals surface area contributed by atoms with Crippen LogP contribution >= 0.6 is 0 Å². The van der Waals surface area contributed by atoms with E-state index in [0.29, 0.717) is 5.56 Å². The minimum absolute atomic E-state index is 0.316. The predicted molar refractivity (Wildman–Crippen MR) is 79.4 cm³/mol. The molecular formula is C16H13F3N2O3. The molecule has 0 aromatic heterocycles. The third-order valence-electron chi connectivity index (χ3n) is 3.09. The van der Waals surface area contributed by atoms with Crippen LogP contribution in [0.5, 0.6) is 0 Å². The fourth-order valence-corrected chi connectivity index (χ4v) is 1.84. The van der Waals surface area contributed by atoms with Crippen molar-refractivity contribution in [1.29, 1.82) is 0 Å². The van der Waals surface area contributed by atoms with Crippen LogP contribution in [-0.2, 0) is 9.59 Å². The van der Waals surface area contributed by atoms with E-state index in [9.17, 15) is 27.9 Å². The Bertz CT molecular complexity index is 751. The van der Waals surface area contributed by atoms with Gasteiger partial charge in [-0.25, -0.2) is 13.2 Å². The van der Waals surface area contributed by atoms with Crippen LogP contribution in [0.15, 0.2) is 42.5 Å². The highest BCUT2D eigenvalue weighted by Crippen LogP contribution is 2.15. The molecule has 0 aliphatic rings. The summed E-state index contributed by atoms with van der Waals surface area (Å²) in [5, 5.41) is 13.9. The lowest BCUT2D eigenvalue weighted by molar-refractivity contribution is -0.136. The zero-order chi connectivity index (χ0) is 17.7. The molecule has 0 aliphatic carbocycles. The maximum Gasteiger partial charge on any atom is 0.313 e. The van der Waals surface area contributed by atoms with Crippen molar-refractivity contribution < 1.29 is 27.9 Å². The number of halogens is 3. The molecule has 2 amide bonds. The monoisotopic (exact) mass is 338 g/mol. The molecular weight excluding hydrogens is 325 g/mol. The summed E-state index contributed by atoms with van der Waals surface area (Å²) in [6.07, 6.45) is -1.16. The Morgan fingerprint density at radius 1 is 0.958 bits per heavy atom. The second-order valence-corrected chi connectivity index (χ2v) is 4.86. The Hall–Kier alpha value is -2.87. The Kier molecular flexibility index (Phi) is 5.54. The van der Waals surface area contributed by atoms with Gasteiger partial charge in [-0.1, -0.05) is 12.1 Å². The molecule has 0 aliphatic heterocycles. The molecule has 5 nitrogen and oxygen atoms in total. The van der Waals surface area contributed by atoms with Crippen molar-refractivity contribution in [3.63, 3.8) is 0 Å². The van der Waals surface area contributed by atoms with Gasteiger partial charge in [0.25, 0.3) is 0 Å². The van der Waals surface area contributed by atoms with Gasteiger partial charge in [0, 0.05) is 12.6 Å². The van der Waals surface area contributed by atoms with E-state index in [1.165, 1.54) is 12.1 Å². The Labute approximate surface area is 135 Å². The summed E-state index contributed by atoms with van der Waals surface area (Å²) in [7, 11) is 0. The van der Waals surface area contributed by atoms with E-state index in [1.807, 2.05) is 5.32 Å². The minimum atomic E-state index is -1.22. The molecule has 0 spiro atoms. The van der Waals surface area contributed by atoms with Crippen LogP contribution in [0.4, 0.5) is 18.9 Å². The van der Waals surface area contributed by atoms with E-state index < -0.39 is 41.1 Å². The standard InChI is InChI=1S/C16H13F3N2O3/c17-10-3-1-9(2-4-10)14(22)8-20-15(23)16(24)21-13-7-11(18)5-6-12(13)19/h1-7,14,22H,8H2,(H,20,23)(H,21,24). The van der Waals surface area contributed by atoms with Crippen LogP contribution in [0.1, 0.15) is 11.7 Å². The Morgan fingerprint density at radius 3 is 2.25 bits per heavy atom. The van der Waals surface area contributed by atoms with Crippen LogP contribution in [0.3, 0.4) is 0 Å². The average Bonchev–Trinajstić information content (AvgIpc) is 2.56. The summed E-state index contributed by atoms with van der Waals surface area (Å²) in [5.74, 6) is -4.51. The molecule has 3 N–H and O–H groups in total. The molecule has 2 aromatic rings. The van der Waals surface area contributed by atoms with Gasteiger partial charge >= 0.3 is 11.8 Å². The first kappa shape index (κ1) is 17.5. The number of hydrogen-bond donors (Lipinski definition) is 3. The number of nitrogens with one attached hydrogen (secondary N) is 2. The number of aliphatic hydroxyl groups is 1. The molecule has 2 rings (SSSR count). The summed E-state index contributed by atoms with van der Waals surface area (Å²) in [5.41, 5.74) is -0.137. The van der Waals surface area contributed by atoms with Gasteiger partial charge in [0.05, 0.1) is 11.8 Å². The highest BCUT2D eigenvalue weighted by molar-refractivity contribution is 6.39. The lowest BCUT2D eigenvalue weighted by atomic mass is 10.1. The fourth-order valence-electron chi connectivity index (χ4n) is 1.84. The van der Waals surface area contributed by atoms with Crippen LogP contribution in [0, 0.1) is 17.5 Å². The highest BCUT2D eigenvalue weighted by atomic mass is 19.1. The lowest BCUT2D eigenvalue weighted by Crippen LogP contribution is -2.37. The molecule has 24 heavy (non-hydrogen) atoms. The van der Waals surface area contributed by atoms with Crippen molar-refractivity contribution in [2.75, 3.05) is 11.9 Å². The van der Waals surface area contributed by atoms with Crippen LogP contribution in [-0.4, -0.2) is 23.5 Å². The number of carbonyl (C=O) groups is 2. The summed E-state index contributed by atoms with van der Waals surface area (Å²) >= 11 is 0. The molecule has 2 aromatic carbocycles. The average molecular weight is 338 g/mol. The molecule has 0 heterocycles. The third-order valence-corrected chi connectivity index (χ3v) is 3.09. The zero-order valence-corrected chi connectivity index (χ0v) is 12.2. The first-order chi connectivity index (χ1) is 11.4. The van der Waals surface area contributed by atoms with Gasteiger partial charge < -0.3 is 15.7 Å². The summed E-state index contributed by atoms with van der Waals surface area (Å²) in [6, 6.07) is 7.33. The van der Waals surface area contributed by atoms with E-state index in [-0.39, 0.29) is 6.54 Å². The Morgan fingerprint density at radius 2 is 1.58 bits per heavy atom. The van der Waals surface area contributed by atoms with Crippen molar-refractivity contribution >= 4 is 17.5 Å². The molecule has 8 heteroatoms. The summed E-state index contributed by atoms with van der Waals surface area (Å²) in [6.45, 7) is -0.316.